The molecular weight excluding hydrogens is 454 g/mol. The van der Waals surface area contributed by atoms with Gasteiger partial charge in [-0.15, -0.1) is 0 Å². The van der Waals surface area contributed by atoms with E-state index in [0.717, 1.165) is 27.8 Å². The van der Waals surface area contributed by atoms with Gasteiger partial charge in [0.05, 0.1) is 11.5 Å². The van der Waals surface area contributed by atoms with Crippen molar-refractivity contribution in [1.29, 1.82) is 0 Å². The normalized spacial score (nSPS) is 13.6. The van der Waals surface area contributed by atoms with Gasteiger partial charge < -0.3 is 10.1 Å². The number of carbonyl (C=O) groups excluding carboxylic acids is 2. The number of alkyl carbamates (subject to hydrolysis) is 1. The van der Waals surface area contributed by atoms with Crippen LogP contribution in [0, 0.1) is 6.92 Å². The molecule has 0 aromatic heterocycles. The van der Waals surface area contributed by atoms with Crippen LogP contribution in [0.4, 0.5) is 4.79 Å². The van der Waals surface area contributed by atoms with Crippen LogP contribution in [0.2, 0.25) is 0 Å². The Morgan fingerprint density at radius 2 is 1.47 bits per heavy atom. The van der Waals surface area contributed by atoms with Crippen LogP contribution >= 0.6 is 0 Å². The topological polar surface area (TPSA) is 98.8 Å². The van der Waals surface area contributed by atoms with E-state index in [4.69, 9.17) is 8.92 Å². The number of aryl methyl sites for hydroxylation is 1. The summed E-state index contributed by atoms with van der Waals surface area (Å²) in [4.78, 5) is 24.5. The van der Waals surface area contributed by atoms with Crippen molar-refractivity contribution in [1.82, 2.24) is 5.32 Å². The number of nitrogens with one attached hydrogen (secondary N) is 1. The molecule has 0 fully saturated rings. The summed E-state index contributed by atoms with van der Waals surface area (Å²) in [6.45, 7) is 2.63. The first-order chi connectivity index (χ1) is 16.3. The molecule has 4 rings (SSSR count). The van der Waals surface area contributed by atoms with Gasteiger partial charge in [-0.25, -0.2) is 4.79 Å². The van der Waals surface area contributed by atoms with Gasteiger partial charge in [0.1, 0.15) is 12.6 Å². The van der Waals surface area contributed by atoms with Crippen molar-refractivity contribution in [3.05, 3.63) is 89.5 Å². The van der Waals surface area contributed by atoms with E-state index < -0.39 is 34.6 Å². The van der Waals surface area contributed by atoms with Crippen LogP contribution in [-0.4, -0.2) is 39.5 Å². The highest BCUT2D eigenvalue weighted by Crippen LogP contribution is 2.44. The minimum atomic E-state index is -4.08. The van der Waals surface area contributed by atoms with E-state index in [0.29, 0.717) is 0 Å². The maximum absolute atomic E-state index is 12.5. The molecule has 1 amide bonds. The highest BCUT2D eigenvalue weighted by atomic mass is 32.2. The van der Waals surface area contributed by atoms with Crippen molar-refractivity contribution >= 4 is 22.0 Å². The summed E-state index contributed by atoms with van der Waals surface area (Å²) >= 11 is 0. The van der Waals surface area contributed by atoms with E-state index in [1.165, 1.54) is 19.1 Å². The molecule has 0 aliphatic heterocycles. The Labute approximate surface area is 198 Å². The van der Waals surface area contributed by atoms with Crippen molar-refractivity contribution in [2.45, 2.75) is 30.7 Å². The van der Waals surface area contributed by atoms with Crippen molar-refractivity contribution in [2.75, 3.05) is 13.2 Å². The second kappa shape index (κ2) is 9.79. The van der Waals surface area contributed by atoms with Gasteiger partial charge in [0, 0.05) is 5.92 Å². The first-order valence-electron chi connectivity index (χ1n) is 10.8. The van der Waals surface area contributed by atoms with Crippen molar-refractivity contribution in [3.63, 3.8) is 0 Å². The SMILES string of the molecule is CC(=O)[C@H](COS(=O)(=O)c1ccc(C)cc1)NC(=O)OCC1c2ccccc2-c2ccccc21. The molecule has 0 unspecified atom stereocenters. The Hall–Kier alpha value is -3.49. The van der Waals surface area contributed by atoms with Crippen LogP contribution < -0.4 is 5.32 Å². The number of benzene rings is 3. The minimum absolute atomic E-state index is 0.0263. The van der Waals surface area contributed by atoms with Crippen LogP contribution in [0.5, 0.6) is 0 Å². The van der Waals surface area contributed by atoms with Gasteiger partial charge in [-0.2, -0.15) is 8.42 Å². The Morgan fingerprint density at radius 3 is 2.03 bits per heavy atom. The average molecular weight is 480 g/mol. The lowest BCUT2D eigenvalue weighted by atomic mass is 9.98. The molecule has 0 radical (unpaired) electrons. The molecule has 1 aliphatic carbocycles. The molecule has 34 heavy (non-hydrogen) atoms. The molecule has 1 aliphatic rings. The molecule has 0 saturated heterocycles. The first kappa shape index (κ1) is 23.7. The van der Waals surface area contributed by atoms with E-state index in [9.17, 15) is 18.0 Å². The van der Waals surface area contributed by atoms with Gasteiger partial charge in [-0.1, -0.05) is 66.2 Å². The average Bonchev–Trinajstić information content (AvgIpc) is 3.14. The van der Waals surface area contributed by atoms with Crippen LogP contribution in [0.25, 0.3) is 11.1 Å². The third kappa shape index (κ3) is 5.03. The Bertz CT molecular complexity index is 1270. The second-order valence-electron chi connectivity index (χ2n) is 8.18. The smallest absolute Gasteiger partial charge is 0.407 e. The lowest BCUT2D eigenvalue weighted by Gasteiger charge is -2.18. The molecule has 0 heterocycles. The maximum atomic E-state index is 12.5. The number of Topliss-reactive ketones (excluding diaryl/α,β-unsaturated/α-hetero) is 1. The van der Waals surface area contributed by atoms with Gasteiger partial charge in [-0.05, 0) is 48.2 Å². The molecule has 0 spiro atoms. The summed E-state index contributed by atoms with van der Waals surface area (Å²) < 4.78 is 35.3. The molecule has 1 atom stereocenters. The molecule has 8 heteroatoms. The zero-order chi connectivity index (χ0) is 24.3. The monoisotopic (exact) mass is 479 g/mol. The predicted molar refractivity (Wildman–Crippen MR) is 127 cm³/mol. The summed E-state index contributed by atoms with van der Waals surface area (Å²) in [5, 5.41) is 2.42. The molecule has 176 valence electrons. The van der Waals surface area contributed by atoms with E-state index in [2.05, 4.69) is 5.32 Å². The number of amides is 1. The molecule has 3 aromatic carbocycles. The van der Waals surface area contributed by atoms with Crippen LogP contribution in [0.15, 0.2) is 77.7 Å². The summed E-state index contributed by atoms with van der Waals surface area (Å²) in [6, 6.07) is 20.9. The number of ketones is 1. The van der Waals surface area contributed by atoms with Gasteiger partial charge in [-0.3, -0.25) is 8.98 Å². The molecule has 1 N–H and O–H groups in total. The highest BCUT2D eigenvalue weighted by molar-refractivity contribution is 7.86. The van der Waals surface area contributed by atoms with Crippen LogP contribution in [-0.2, 0) is 23.8 Å². The zero-order valence-electron chi connectivity index (χ0n) is 18.9. The van der Waals surface area contributed by atoms with E-state index >= 15 is 0 Å². The fraction of sp³-hybridized carbons (Fsp3) is 0.231. The Kier molecular flexibility index (Phi) is 6.81. The lowest BCUT2D eigenvalue weighted by molar-refractivity contribution is -0.119. The number of hydrogen-bond acceptors (Lipinski definition) is 6. The molecule has 7 nitrogen and oxygen atoms in total. The number of ether oxygens (including phenoxy) is 1. The summed E-state index contributed by atoms with van der Waals surface area (Å²) in [5.74, 6) is -0.584. The second-order valence-corrected chi connectivity index (χ2v) is 9.80. The van der Waals surface area contributed by atoms with Crippen LogP contribution in [0.1, 0.15) is 29.5 Å². The number of hydrogen-bond donors (Lipinski definition) is 1. The number of carbonyl (C=O) groups is 2. The van der Waals surface area contributed by atoms with Gasteiger partial charge in [0.25, 0.3) is 10.1 Å². The third-order valence-corrected chi connectivity index (χ3v) is 7.12. The Balaban J connectivity index is 1.38. The number of rotatable bonds is 8. The van der Waals surface area contributed by atoms with Crippen LogP contribution in [0.3, 0.4) is 0 Å². The fourth-order valence-electron chi connectivity index (χ4n) is 3.97. The largest absolute Gasteiger partial charge is 0.449 e. The first-order valence-corrected chi connectivity index (χ1v) is 12.2. The molecule has 3 aromatic rings. The molecular formula is C26H25NO6S. The van der Waals surface area contributed by atoms with E-state index in [1.54, 1.807) is 12.1 Å². The van der Waals surface area contributed by atoms with E-state index in [-0.39, 0.29) is 17.4 Å². The standard InChI is InChI=1S/C26H25NO6S/c1-17-11-13-19(14-12-17)34(30,31)33-16-25(18(2)28)27-26(29)32-15-24-22-9-5-3-7-20(22)21-8-4-6-10-23(21)24/h3-14,24-25H,15-16H2,1-2H3,(H,27,29)/t25-/m0/s1. The quantitative estimate of drug-likeness (QED) is 0.486. The van der Waals surface area contributed by atoms with E-state index in [1.807, 2.05) is 55.5 Å². The van der Waals surface area contributed by atoms with Gasteiger partial charge in [0.2, 0.25) is 0 Å². The third-order valence-electron chi connectivity index (χ3n) is 5.83. The summed E-state index contributed by atoms with van der Waals surface area (Å²) in [5.41, 5.74) is 5.23. The Morgan fingerprint density at radius 1 is 0.912 bits per heavy atom. The molecule has 0 bridgehead atoms. The minimum Gasteiger partial charge on any atom is -0.449 e. The van der Waals surface area contributed by atoms with Crippen molar-refractivity contribution in [3.8, 4) is 11.1 Å². The zero-order valence-corrected chi connectivity index (χ0v) is 19.7. The maximum Gasteiger partial charge on any atom is 0.407 e. The van der Waals surface area contributed by atoms with Gasteiger partial charge in [0.15, 0.2) is 5.78 Å². The molecule has 0 saturated carbocycles. The summed E-state index contributed by atoms with van der Waals surface area (Å²) in [6.07, 6.45) is -0.821. The van der Waals surface area contributed by atoms with Crippen molar-refractivity contribution in [2.24, 2.45) is 0 Å². The number of fused-ring (bicyclic) bond motifs is 3. The summed E-state index contributed by atoms with van der Waals surface area (Å²) in [7, 11) is -4.08. The van der Waals surface area contributed by atoms with Gasteiger partial charge >= 0.3 is 6.09 Å². The lowest BCUT2D eigenvalue weighted by Crippen LogP contribution is -2.44. The predicted octanol–water partition coefficient (Wildman–Crippen LogP) is 4.20. The fourth-order valence-corrected chi connectivity index (χ4v) is 4.89. The van der Waals surface area contributed by atoms with Crippen molar-refractivity contribution < 1.29 is 26.9 Å². The highest BCUT2D eigenvalue weighted by Gasteiger charge is 2.30.